The van der Waals surface area contributed by atoms with Gasteiger partial charge in [0.1, 0.15) is 5.82 Å². The highest BCUT2D eigenvalue weighted by Gasteiger charge is 2.17. The van der Waals surface area contributed by atoms with E-state index in [1.807, 2.05) is 0 Å². The van der Waals surface area contributed by atoms with Crippen LogP contribution in [0.25, 0.3) is 5.82 Å². The summed E-state index contributed by atoms with van der Waals surface area (Å²) in [6.45, 7) is 1.82. The molecule has 7 nitrogen and oxygen atoms in total. The van der Waals surface area contributed by atoms with Crippen LogP contribution in [0.15, 0.2) is 16.7 Å². The van der Waals surface area contributed by atoms with E-state index in [9.17, 15) is 4.79 Å². The zero-order chi connectivity index (χ0) is 14.9. The van der Waals surface area contributed by atoms with Gasteiger partial charge in [0, 0.05) is 13.2 Å². The average Bonchev–Trinajstić information content (AvgIpc) is 2.73. The quantitative estimate of drug-likeness (QED) is 0.909. The predicted molar refractivity (Wildman–Crippen MR) is 76.1 cm³/mol. The number of amides is 1. The van der Waals surface area contributed by atoms with E-state index in [2.05, 4.69) is 31.0 Å². The number of halogens is 2. The molecule has 0 fully saturated rings. The van der Waals surface area contributed by atoms with Crippen molar-refractivity contribution in [3.63, 3.8) is 0 Å². The third kappa shape index (κ3) is 2.91. The summed E-state index contributed by atoms with van der Waals surface area (Å²) in [5.74, 6) is 1.45. The van der Waals surface area contributed by atoms with Gasteiger partial charge in [0.05, 0.1) is 16.0 Å². The highest BCUT2D eigenvalue weighted by atomic mass is 79.9. The van der Waals surface area contributed by atoms with Crippen LogP contribution in [0.3, 0.4) is 0 Å². The summed E-state index contributed by atoms with van der Waals surface area (Å²) in [6.07, 6.45) is 0.500. The van der Waals surface area contributed by atoms with E-state index >= 15 is 0 Å². The van der Waals surface area contributed by atoms with Gasteiger partial charge in [-0.25, -0.2) is 14.8 Å². The first kappa shape index (κ1) is 14.7. The van der Waals surface area contributed by atoms with Crippen molar-refractivity contribution >= 4 is 33.6 Å². The first-order valence-electron chi connectivity index (χ1n) is 5.57. The highest BCUT2D eigenvalue weighted by molar-refractivity contribution is 9.10. The Morgan fingerprint density at radius 2 is 2.30 bits per heavy atom. The molecular formula is C11H11BrClN5O2. The second-order valence-electron chi connectivity index (χ2n) is 4.06. The Hall–Kier alpha value is -1.67. The van der Waals surface area contributed by atoms with E-state index in [0.717, 1.165) is 4.90 Å². The topological polar surface area (TPSA) is 84.1 Å². The van der Waals surface area contributed by atoms with Gasteiger partial charge < -0.3 is 10.0 Å². The molecule has 0 aromatic carbocycles. The van der Waals surface area contributed by atoms with Crippen LogP contribution in [-0.2, 0) is 6.54 Å². The fraction of sp³-hybridized carbons (Fsp3) is 0.273. The maximum absolute atomic E-state index is 10.9. The lowest BCUT2D eigenvalue weighted by atomic mass is 10.4. The lowest BCUT2D eigenvalue weighted by Gasteiger charge is -2.13. The van der Waals surface area contributed by atoms with Gasteiger partial charge in [-0.2, -0.15) is 4.68 Å². The maximum Gasteiger partial charge on any atom is 0.407 e. The average molecular weight is 361 g/mol. The minimum absolute atomic E-state index is 0.0941. The van der Waals surface area contributed by atoms with E-state index < -0.39 is 6.09 Å². The Morgan fingerprint density at radius 1 is 1.60 bits per heavy atom. The summed E-state index contributed by atoms with van der Waals surface area (Å²) in [5.41, 5.74) is 0. The maximum atomic E-state index is 10.9. The van der Waals surface area contributed by atoms with Crippen molar-refractivity contribution in [3.8, 4) is 5.82 Å². The smallest absolute Gasteiger partial charge is 0.407 e. The minimum atomic E-state index is -1.05. The Bertz CT molecular complexity index is 660. The molecular weight excluding hydrogens is 350 g/mol. The monoisotopic (exact) mass is 359 g/mol. The van der Waals surface area contributed by atoms with Gasteiger partial charge in [-0.15, -0.1) is 5.10 Å². The highest BCUT2D eigenvalue weighted by Crippen LogP contribution is 2.27. The first-order valence-corrected chi connectivity index (χ1v) is 6.74. The molecule has 2 rings (SSSR count). The minimum Gasteiger partial charge on any atom is -0.465 e. The normalized spacial score (nSPS) is 10.6. The molecule has 0 bridgehead atoms. The number of pyridine rings is 1. The SMILES string of the molecule is Cc1nc(CN(C)C(=O)O)n(-c2nccc(Cl)c2Br)n1. The molecule has 0 radical (unpaired) electrons. The van der Waals surface area contributed by atoms with Crippen LogP contribution in [0.4, 0.5) is 4.79 Å². The molecule has 0 aliphatic heterocycles. The number of aryl methyl sites for hydroxylation is 1. The van der Waals surface area contributed by atoms with E-state index in [4.69, 9.17) is 16.7 Å². The van der Waals surface area contributed by atoms with Crippen molar-refractivity contribution in [2.45, 2.75) is 13.5 Å². The molecule has 0 aliphatic rings. The summed E-state index contributed by atoms with van der Waals surface area (Å²) in [7, 11) is 1.46. The van der Waals surface area contributed by atoms with Crippen LogP contribution in [0, 0.1) is 6.92 Å². The molecule has 2 heterocycles. The van der Waals surface area contributed by atoms with E-state index in [0.29, 0.717) is 27.0 Å². The van der Waals surface area contributed by atoms with Crippen LogP contribution in [-0.4, -0.2) is 42.9 Å². The van der Waals surface area contributed by atoms with Crippen molar-refractivity contribution in [2.24, 2.45) is 0 Å². The first-order chi connectivity index (χ1) is 9.40. The number of carboxylic acid groups (broad SMARTS) is 1. The van der Waals surface area contributed by atoms with Gasteiger partial charge in [-0.1, -0.05) is 11.6 Å². The number of rotatable bonds is 3. The Labute approximate surface area is 128 Å². The van der Waals surface area contributed by atoms with Crippen LogP contribution >= 0.6 is 27.5 Å². The number of hydrogen-bond acceptors (Lipinski definition) is 4. The lowest BCUT2D eigenvalue weighted by molar-refractivity contribution is 0.152. The molecule has 2 aromatic rings. The molecule has 0 unspecified atom stereocenters. The molecule has 9 heteroatoms. The number of aromatic nitrogens is 4. The van der Waals surface area contributed by atoms with Crippen LogP contribution in [0.2, 0.25) is 5.02 Å². The summed E-state index contributed by atoms with van der Waals surface area (Å²) in [6, 6.07) is 1.64. The van der Waals surface area contributed by atoms with Gasteiger partial charge in [0.2, 0.25) is 0 Å². The fourth-order valence-corrected chi connectivity index (χ4v) is 2.11. The number of hydrogen-bond donors (Lipinski definition) is 1. The summed E-state index contributed by atoms with van der Waals surface area (Å²) in [4.78, 5) is 20.4. The van der Waals surface area contributed by atoms with Crippen molar-refractivity contribution in [3.05, 3.63) is 33.4 Å². The standard InChI is InChI=1S/C11H11BrClN5O2/c1-6-15-8(5-17(2)11(19)20)18(16-6)10-9(12)7(13)3-4-14-10/h3-4H,5H2,1-2H3,(H,19,20). The summed E-state index contributed by atoms with van der Waals surface area (Å²) in [5, 5.41) is 13.6. The molecule has 0 spiro atoms. The molecule has 106 valence electrons. The summed E-state index contributed by atoms with van der Waals surface area (Å²) >= 11 is 9.37. The molecule has 2 aromatic heterocycles. The molecule has 0 atom stereocenters. The van der Waals surface area contributed by atoms with Gasteiger partial charge in [-0.05, 0) is 28.9 Å². The van der Waals surface area contributed by atoms with Crippen LogP contribution < -0.4 is 0 Å². The molecule has 0 saturated carbocycles. The van der Waals surface area contributed by atoms with Crippen molar-refractivity contribution < 1.29 is 9.90 Å². The van der Waals surface area contributed by atoms with Gasteiger partial charge >= 0.3 is 6.09 Å². The van der Waals surface area contributed by atoms with E-state index in [1.54, 1.807) is 19.2 Å². The van der Waals surface area contributed by atoms with Crippen LogP contribution in [0.5, 0.6) is 0 Å². The number of nitrogens with zero attached hydrogens (tertiary/aromatic N) is 5. The van der Waals surface area contributed by atoms with Crippen LogP contribution in [0.1, 0.15) is 11.6 Å². The van der Waals surface area contributed by atoms with Crippen molar-refractivity contribution in [2.75, 3.05) is 7.05 Å². The Balaban J connectivity index is 2.47. The molecule has 0 saturated heterocycles. The molecule has 1 N–H and O–H groups in total. The van der Waals surface area contributed by atoms with Crippen molar-refractivity contribution in [1.82, 2.24) is 24.6 Å². The van der Waals surface area contributed by atoms with Crippen molar-refractivity contribution in [1.29, 1.82) is 0 Å². The second-order valence-corrected chi connectivity index (χ2v) is 5.26. The lowest BCUT2D eigenvalue weighted by Crippen LogP contribution is -2.26. The third-order valence-corrected chi connectivity index (χ3v) is 3.83. The van der Waals surface area contributed by atoms with E-state index in [1.165, 1.54) is 11.7 Å². The predicted octanol–water partition coefficient (Wildman–Crippen LogP) is 2.50. The Morgan fingerprint density at radius 3 is 2.95 bits per heavy atom. The number of carbonyl (C=O) groups is 1. The largest absolute Gasteiger partial charge is 0.465 e. The molecule has 0 aliphatic carbocycles. The molecule has 20 heavy (non-hydrogen) atoms. The summed E-state index contributed by atoms with van der Waals surface area (Å²) < 4.78 is 2.05. The van der Waals surface area contributed by atoms with Gasteiger partial charge in [0.25, 0.3) is 0 Å². The second kappa shape index (κ2) is 5.76. The zero-order valence-corrected chi connectivity index (χ0v) is 13.1. The third-order valence-electron chi connectivity index (χ3n) is 2.51. The zero-order valence-electron chi connectivity index (χ0n) is 10.7. The van der Waals surface area contributed by atoms with Gasteiger partial charge in [-0.3, -0.25) is 0 Å². The van der Waals surface area contributed by atoms with E-state index in [-0.39, 0.29) is 6.54 Å². The Kier molecular flexibility index (Phi) is 4.24. The molecule has 1 amide bonds. The van der Waals surface area contributed by atoms with Gasteiger partial charge in [0.15, 0.2) is 11.6 Å². The fourth-order valence-electron chi connectivity index (χ4n) is 1.57.